The number of nitrogens with zero attached hydrogens (tertiary/aromatic N) is 4. The minimum absolute atomic E-state index is 0.887. The minimum atomic E-state index is 0.887. The zero-order chi connectivity index (χ0) is 14.8. The number of imidazole rings is 2. The molecule has 2 heterocycles. The van der Waals surface area contributed by atoms with Crippen LogP contribution in [0.15, 0.2) is 61.2 Å². The number of aromatic nitrogens is 4. The summed E-state index contributed by atoms with van der Waals surface area (Å²) < 4.78 is 4.36. The van der Waals surface area contributed by atoms with Gasteiger partial charge in [0.05, 0.1) is 46.5 Å². The molecule has 110 valence electrons. The summed E-state index contributed by atoms with van der Waals surface area (Å²) in [7, 11) is 3.65. The smallest absolute Gasteiger partial charge is 0.0966 e. The molecule has 0 atom stereocenters. The van der Waals surface area contributed by atoms with Gasteiger partial charge in [0, 0.05) is 0 Å². The van der Waals surface area contributed by atoms with E-state index in [1.54, 1.807) is 0 Å². The SMILES string of the molecule is c1ccc2c(c1)ncn2CSSCn1cnc2ccccc21. The minimum Gasteiger partial charge on any atom is -0.320 e. The van der Waals surface area contributed by atoms with Gasteiger partial charge in [-0.25, -0.2) is 9.97 Å². The number of benzene rings is 2. The lowest BCUT2D eigenvalue weighted by Crippen LogP contribution is -1.93. The van der Waals surface area contributed by atoms with Crippen molar-refractivity contribution in [2.75, 3.05) is 0 Å². The highest BCUT2D eigenvalue weighted by Gasteiger charge is 2.03. The number of rotatable bonds is 5. The third-order valence-electron chi connectivity index (χ3n) is 3.52. The molecule has 4 aromatic rings. The lowest BCUT2D eigenvalue weighted by atomic mass is 10.3. The van der Waals surface area contributed by atoms with Gasteiger partial charge < -0.3 is 9.13 Å². The number of hydrogen-bond acceptors (Lipinski definition) is 4. The molecular formula is C16H14N4S2. The third-order valence-corrected chi connectivity index (χ3v) is 5.59. The summed E-state index contributed by atoms with van der Waals surface area (Å²) in [5, 5.41) is 0. The van der Waals surface area contributed by atoms with E-state index < -0.39 is 0 Å². The van der Waals surface area contributed by atoms with Crippen LogP contribution in [0.25, 0.3) is 22.1 Å². The van der Waals surface area contributed by atoms with Crippen molar-refractivity contribution in [3.63, 3.8) is 0 Å². The molecule has 0 amide bonds. The quantitative estimate of drug-likeness (QED) is 0.403. The molecule has 0 N–H and O–H groups in total. The van der Waals surface area contributed by atoms with Crippen molar-refractivity contribution >= 4 is 43.7 Å². The van der Waals surface area contributed by atoms with Gasteiger partial charge in [0.1, 0.15) is 0 Å². The molecule has 0 aliphatic rings. The van der Waals surface area contributed by atoms with Crippen LogP contribution in [0.1, 0.15) is 0 Å². The van der Waals surface area contributed by atoms with Crippen molar-refractivity contribution in [3.05, 3.63) is 61.2 Å². The van der Waals surface area contributed by atoms with E-state index in [4.69, 9.17) is 0 Å². The van der Waals surface area contributed by atoms with Gasteiger partial charge in [0.25, 0.3) is 0 Å². The average Bonchev–Trinajstić information content (AvgIpc) is 3.16. The maximum atomic E-state index is 4.41. The summed E-state index contributed by atoms with van der Waals surface area (Å²) in [6, 6.07) is 16.4. The van der Waals surface area contributed by atoms with Gasteiger partial charge >= 0.3 is 0 Å². The molecule has 0 fully saturated rings. The summed E-state index contributed by atoms with van der Waals surface area (Å²) in [4.78, 5) is 8.83. The summed E-state index contributed by atoms with van der Waals surface area (Å²) in [6.45, 7) is 0. The van der Waals surface area contributed by atoms with Crippen LogP contribution in [-0.2, 0) is 11.8 Å². The van der Waals surface area contributed by atoms with Crippen molar-refractivity contribution in [1.29, 1.82) is 0 Å². The van der Waals surface area contributed by atoms with Crippen LogP contribution in [-0.4, -0.2) is 19.1 Å². The van der Waals surface area contributed by atoms with Gasteiger partial charge in [-0.15, -0.1) is 0 Å². The Balaban J connectivity index is 1.39. The van der Waals surface area contributed by atoms with E-state index in [2.05, 4.69) is 43.4 Å². The Hall–Kier alpha value is -1.92. The average molecular weight is 326 g/mol. The number of fused-ring (bicyclic) bond motifs is 2. The Morgan fingerprint density at radius 2 is 1.14 bits per heavy atom. The predicted octanol–water partition coefficient (Wildman–Crippen LogP) is 4.38. The Kier molecular flexibility index (Phi) is 3.78. The van der Waals surface area contributed by atoms with Crippen molar-refractivity contribution < 1.29 is 0 Å². The fourth-order valence-corrected chi connectivity index (χ4v) is 4.33. The molecule has 0 bridgehead atoms. The molecule has 0 saturated heterocycles. The highest BCUT2D eigenvalue weighted by molar-refractivity contribution is 8.76. The van der Waals surface area contributed by atoms with E-state index in [0.29, 0.717) is 0 Å². The molecule has 6 heteroatoms. The molecule has 0 radical (unpaired) electrons. The van der Waals surface area contributed by atoms with Crippen LogP contribution in [0.4, 0.5) is 0 Å². The molecule has 0 saturated carbocycles. The van der Waals surface area contributed by atoms with Crippen LogP contribution < -0.4 is 0 Å². The molecule has 0 aliphatic carbocycles. The van der Waals surface area contributed by atoms with E-state index in [-0.39, 0.29) is 0 Å². The molecule has 2 aromatic carbocycles. The first-order valence-electron chi connectivity index (χ1n) is 6.96. The van der Waals surface area contributed by atoms with Crippen LogP contribution >= 0.6 is 21.6 Å². The largest absolute Gasteiger partial charge is 0.320 e. The lowest BCUT2D eigenvalue weighted by Gasteiger charge is -2.05. The number of para-hydroxylation sites is 4. The van der Waals surface area contributed by atoms with Gasteiger partial charge in [0.15, 0.2) is 0 Å². The fraction of sp³-hybridized carbons (Fsp3) is 0.125. The normalized spacial score (nSPS) is 11.5. The topological polar surface area (TPSA) is 35.6 Å². The van der Waals surface area contributed by atoms with E-state index >= 15 is 0 Å². The molecular weight excluding hydrogens is 312 g/mol. The molecule has 0 aliphatic heterocycles. The number of hydrogen-bond donors (Lipinski definition) is 0. The second-order valence-electron chi connectivity index (χ2n) is 4.90. The standard InChI is InChI=1S/C16H14N4S2/c1-3-7-15-13(5-1)17-9-19(15)11-21-22-12-20-10-18-14-6-2-4-8-16(14)20/h1-10H,11-12H2. The molecule has 4 nitrogen and oxygen atoms in total. The maximum Gasteiger partial charge on any atom is 0.0966 e. The maximum absolute atomic E-state index is 4.41. The summed E-state index contributed by atoms with van der Waals surface area (Å²) in [5.74, 6) is 1.77. The zero-order valence-electron chi connectivity index (χ0n) is 11.8. The lowest BCUT2D eigenvalue weighted by molar-refractivity contribution is 0.921. The second kappa shape index (κ2) is 6.06. The monoisotopic (exact) mass is 326 g/mol. The van der Waals surface area contributed by atoms with Crippen molar-refractivity contribution in [2.24, 2.45) is 0 Å². The van der Waals surface area contributed by atoms with Crippen molar-refractivity contribution in [3.8, 4) is 0 Å². The van der Waals surface area contributed by atoms with Crippen LogP contribution in [0.3, 0.4) is 0 Å². The van der Waals surface area contributed by atoms with Crippen molar-refractivity contribution in [1.82, 2.24) is 19.1 Å². The Morgan fingerprint density at radius 1 is 0.682 bits per heavy atom. The first kappa shape index (κ1) is 13.7. The van der Waals surface area contributed by atoms with Gasteiger partial charge in [-0.05, 0) is 24.3 Å². The zero-order valence-corrected chi connectivity index (χ0v) is 13.4. The van der Waals surface area contributed by atoms with Crippen molar-refractivity contribution in [2.45, 2.75) is 11.8 Å². The summed E-state index contributed by atoms with van der Waals surface area (Å²) in [5.41, 5.74) is 4.47. The molecule has 4 rings (SSSR count). The summed E-state index contributed by atoms with van der Waals surface area (Å²) in [6.07, 6.45) is 3.82. The second-order valence-corrected chi connectivity index (χ2v) is 7.30. The van der Waals surface area contributed by atoms with Gasteiger partial charge in [0.2, 0.25) is 0 Å². The van der Waals surface area contributed by atoms with Gasteiger partial charge in [-0.3, -0.25) is 0 Å². The molecule has 0 spiro atoms. The van der Waals surface area contributed by atoms with E-state index in [9.17, 15) is 0 Å². The first-order valence-corrected chi connectivity index (χ1v) is 9.45. The van der Waals surface area contributed by atoms with Crippen LogP contribution in [0.2, 0.25) is 0 Å². The fourth-order valence-electron chi connectivity index (χ4n) is 2.41. The van der Waals surface area contributed by atoms with E-state index in [0.717, 1.165) is 22.8 Å². The van der Waals surface area contributed by atoms with Gasteiger partial charge in [-0.2, -0.15) is 0 Å². The van der Waals surface area contributed by atoms with Gasteiger partial charge in [-0.1, -0.05) is 45.9 Å². The van der Waals surface area contributed by atoms with Crippen LogP contribution in [0, 0.1) is 0 Å². The Bertz CT molecular complexity index is 836. The molecule has 22 heavy (non-hydrogen) atoms. The van der Waals surface area contributed by atoms with Crippen LogP contribution in [0.5, 0.6) is 0 Å². The highest BCUT2D eigenvalue weighted by atomic mass is 33.1. The Labute approximate surface area is 136 Å². The molecule has 2 aromatic heterocycles. The predicted molar refractivity (Wildman–Crippen MR) is 94.6 cm³/mol. The Morgan fingerprint density at radius 3 is 1.64 bits per heavy atom. The third kappa shape index (κ3) is 2.60. The summed E-state index contributed by atoms with van der Waals surface area (Å²) >= 11 is 0. The first-order chi connectivity index (χ1) is 10.9. The van der Waals surface area contributed by atoms with E-state index in [1.807, 2.05) is 58.5 Å². The molecule has 0 unspecified atom stereocenters. The van der Waals surface area contributed by atoms with E-state index in [1.165, 1.54) is 11.0 Å². The highest BCUT2D eigenvalue weighted by Crippen LogP contribution is 2.28.